The predicted molar refractivity (Wildman–Crippen MR) is 73.0 cm³/mol. The van der Waals surface area contributed by atoms with Crippen molar-refractivity contribution in [3.63, 3.8) is 0 Å². The Hall–Kier alpha value is -1.40. The molecule has 0 spiro atoms. The van der Waals surface area contributed by atoms with Crippen molar-refractivity contribution in [2.75, 3.05) is 26.5 Å². The lowest BCUT2D eigenvalue weighted by atomic mass is 9.99. The third-order valence-electron chi connectivity index (χ3n) is 3.42. The van der Waals surface area contributed by atoms with Crippen LogP contribution in [0.2, 0.25) is 0 Å². The third-order valence-corrected chi connectivity index (χ3v) is 4.67. The summed E-state index contributed by atoms with van der Waals surface area (Å²) in [5, 5.41) is 0. The van der Waals surface area contributed by atoms with E-state index >= 15 is 0 Å². The molecule has 5 nitrogen and oxygen atoms in total. The summed E-state index contributed by atoms with van der Waals surface area (Å²) in [6, 6.07) is 9.84. The lowest BCUT2D eigenvalue weighted by Gasteiger charge is -2.22. The molecule has 1 aliphatic rings. The van der Waals surface area contributed by atoms with Gasteiger partial charge in [0.2, 0.25) is 15.9 Å². The summed E-state index contributed by atoms with van der Waals surface area (Å²) < 4.78 is 23.9. The van der Waals surface area contributed by atoms with Crippen molar-refractivity contribution in [1.82, 2.24) is 9.21 Å². The number of nitrogens with zero attached hydrogens (tertiary/aromatic N) is 2. The second kappa shape index (κ2) is 5.30. The molecular formula is C13H18N2O3S. The summed E-state index contributed by atoms with van der Waals surface area (Å²) in [5.41, 5.74) is 1.13. The Morgan fingerprint density at radius 1 is 1.32 bits per heavy atom. The molecule has 6 heteroatoms. The summed E-state index contributed by atoms with van der Waals surface area (Å²) in [6.07, 6.45) is 1.59. The van der Waals surface area contributed by atoms with Crippen LogP contribution in [0, 0.1) is 0 Å². The highest BCUT2D eigenvalue weighted by molar-refractivity contribution is 7.88. The van der Waals surface area contributed by atoms with Crippen LogP contribution in [0.4, 0.5) is 0 Å². The number of amides is 1. The maximum absolute atomic E-state index is 11.9. The van der Waals surface area contributed by atoms with E-state index in [9.17, 15) is 13.2 Å². The van der Waals surface area contributed by atoms with Crippen molar-refractivity contribution in [2.24, 2.45) is 0 Å². The van der Waals surface area contributed by atoms with Gasteiger partial charge in [-0.2, -0.15) is 4.31 Å². The number of sulfonamides is 1. The Balaban J connectivity index is 2.05. The van der Waals surface area contributed by atoms with Crippen LogP contribution in [0.15, 0.2) is 30.3 Å². The number of likely N-dealkylation sites (tertiary alicyclic amines) is 1. The van der Waals surface area contributed by atoms with Gasteiger partial charge < -0.3 is 4.90 Å². The average Bonchev–Trinajstić information content (AvgIpc) is 2.71. The van der Waals surface area contributed by atoms with Gasteiger partial charge in [-0.3, -0.25) is 4.79 Å². The van der Waals surface area contributed by atoms with E-state index in [1.54, 1.807) is 4.90 Å². The zero-order chi connectivity index (χ0) is 14.0. The van der Waals surface area contributed by atoms with Crippen molar-refractivity contribution in [3.8, 4) is 0 Å². The van der Waals surface area contributed by atoms with E-state index in [0.717, 1.165) is 11.8 Å². The molecule has 1 aliphatic heterocycles. The van der Waals surface area contributed by atoms with E-state index in [1.807, 2.05) is 30.3 Å². The van der Waals surface area contributed by atoms with Gasteiger partial charge in [-0.15, -0.1) is 0 Å². The fourth-order valence-corrected chi connectivity index (χ4v) is 2.55. The number of carbonyl (C=O) groups excluding carboxylic acids is 1. The number of rotatable bonds is 4. The van der Waals surface area contributed by atoms with E-state index in [4.69, 9.17) is 0 Å². The Bertz CT molecular complexity index is 557. The third kappa shape index (κ3) is 3.33. The highest BCUT2D eigenvalue weighted by Gasteiger charge is 2.32. The maximum atomic E-state index is 11.9. The van der Waals surface area contributed by atoms with Crippen LogP contribution in [0.5, 0.6) is 0 Å². The molecule has 0 radical (unpaired) electrons. The Morgan fingerprint density at radius 3 is 2.53 bits per heavy atom. The molecule has 0 unspecified atom stereocenters. The zero-order valence-corrected chi connectivity index (χ0v) is 11.9. The van der Waals surface area contributed by atoms with E-state index < -0.39 is 10.0 Å². The van der Waals surface area contributed by atoms with Crippen molar-refractivity contribution >= 4 is 15.9 Å². The average molecular weight is 282 g/mol. The largest absolute Gasteiger partial charge is 0.328 e. The van der Waals surface area contributed by atoms with Gasteiger partial charge in [-0.05, 0) is 5.56 Å². The molecule has 1 fully saturated rings. The van der Waals surface area contributed by atoms with Gasteiger partial charge in [0.1, 0.15) is 0 Å². The van der Waals surface area contributed by atoms with Crippen molar-refractivity contribution in [3.05, 3.63) is 35.9 Å². The molecule has 1 amide bonds. The first-order valence-corrected chi connectivity index (χ1v) is 7.97. The van der Waals surface area contributed by atoms with Gasteiger partial charge in [-0.25, -0.2) is 8.42 Å². The number of carbonyl (C=O) groups is 1. The highest BCUT2D eigenvalue weighted by Crippen LogP contribution is 2.27. The van der Waals surface area contributed by atoms with Crippen LogP contribution in [0.3, 0.4) is 0 Å². The Labute approximate surface area is 113 Å². The first kappa shape index (κ1) is 14.0. The fraction of sp³-hybridized carbons (Fsp3) is 0.462. The second-order valence-electron chi connectivity index (χ2n) is 4.93. The van der Waals surface area contributed by atoms with Crippen LogP contribution in [0.1, 0.15) is 17.9 Å². The van der Waals surface area contributed by atoms with Gasteiger partial charge in [0.15, 0.2) is 0 Å². The summed E-state index contributed by atoms with van der Waals surface area (Å²) >= 11 is 0. The molecule has 2 rings (SSSR count). The maximum Gasteiger partial charge on any atom is 0.224 e. The van der Waals surface area contributed by atoms with Crippen molar-refractivity contribution in [1.29, 1.82) is 0 Å². The monoisotopic (exact) mass is 282 g/mol. The lowest BCUT2D eigenvalue weighted by molar-refractivity contribution is -0.128. The van der Waals surface area contributed by atoms with E-state index in [-0.39, 0.29) is 18.5 Å². The Kier molecular flexibility index (Phi) is 3.91. The molecular weight excluding hydrogens is 264 g/mol. The standard InChI is InChI=1S/C13H18N2O3S/c1-14(19(2,17)18)10-15-9-12(8-13(15)16)11-6-4-3-5-7-11/h3-7,12H,8-10H2,1-2H3/t12-/m1/s1. The topological polar surface area (TPSA) is 57.7 Å². The molecule has 19 heavy (non-hydrogen) atoms. The molecule has 0 bridgehead atoms. The fourth-order valence-electron chi connectivity index (χ4n) is 2.20. The van der Waals surface area contributed by atoms with Crippen LogP contribution >= 0.6 is 0 Å². The predicted octanol–water partition coefficient (Wildman–Crippen LogP) is 0.851. The smallest absolute Gasteiger partial charge is 0.224 e. The van der Waals surface area contributed by atoms with E-state index in [0.29, 0.717) is 13.0 Å². The first-order valence-electron chi connectivity index (χ1n) is 6.12. The normalized spacial score (nSPS) is 20.3. The molecule has 1 saturated heterocycles. The first-order chi connectivity index (χ1) is 8.88. The van der Waals surface area contributed by atoms with Gasteiger partial charge >= 0.3 is 0 Å². The number of hydrogen-bond acceptors (Lipinski definition) is 3. The van der Waals surface area contributed by atoms with Gasteiger partial charge in [0, 0.05) is 25.9 Å². The minimum Gasteiger partial charge on any atom is -0.328 e. The SMILES string of the molecule is CN(CN1C[C@H](c2ccccc2)CC1=O)S(C)(=O)=O. The molecule has 1 heterocycles. The molecule has 1 aromatic rings. The molecule has 1 aromatic carbocycles. The van der Waals surface area contributed by atoms with E-state index in [2.05, 4.69) is 0 Å². The second-order valence-corrected chi connectivity index (χ2v) is 7.02. The number of hydrogen-bond donors (Lipinski definition) is 0. The van der Waals surface area contributed by atoms with E-state index in [1.165, 1.54) is 11.4 Å². The highest BCUT2D eigenvalue weighted by atomic mass is 32.2. The van der Waals surface area contributed by atoms with Gasteiger partial charge in [0.05, 0.1) is 12.9 Å². The quantitative estimate of drug-likeness (QED) is 0.822. The number of benzene rings is 1. The van der Waals surface area contributed by atoms with Crippen LogP contribution in [-0.4, -0.2) is 50.0 Å². The molecule has 1 atom stereocenters. The minimum atomic E-state index is -3.26. The minimum absolute atomic E-state index is 0.00403. The molecule has 0 N–H and O–H groups in total. The van der Waals surface area contributed by atoms with Crippen LogP contribution < -0.4 is 0 Å². The molecule has 0 aromatic heterocycles. The van der Waals surface area contributed by atoms with Gasteiger partial charge in [-0.1, -0.05) is 30.3 Å². The van der Waals surface area contributed by atoms with Crippen LogP contribution in [-0.2, 0) is 14.8 Å². The zero-order valence-electron chi connectivity index (χ0n) is 11.1. The van der Waals surface area contributed by atoms with Crippen LogP contribution in [0.25, 0.3) is 0 Å². The summed E-state index contributed by atoms with van der Waals surface area (Å²) in [7, 11) is -1.77. The summed E-state index contributed by atoms with van der Waals surface area (Å²) in [6.45, 7) is 0.698. The lowest BCUT2D eigenvalue weighted by Crippen LogP contribution is -2.39. The molecule has 104 valence electrons. The summed E-state index contributed by atoms with van der Waals surface area (Å²) in [4.78, 5) is 13.5. The Morgan fingerprint density at radius 2 is 1.95 bits per heavy atom. The summed E-state index contributed by atoms with van der Waals surface area (Å²) in [5.74, 6) is 0.158. The van der Waals surface area contributed by atoms with Crippen molar-refractivity contribution in [2.45, 2.75) is 12.3 Å². The molecule has 0 aliphatic carbocycles. The van der Waals surface area contributed by atoms with Gasteiger partial charge in [0.25, 0.3) is 0 Å². The molecule has 0 saturated carbocycles. The van der Waals surface area contributed by atoms with Crippen molar-refractivity contribution < 1.29 is 13.2 Å².